The number of aliphatic hydroxyl groups is 1. The predicted molar refractivity (Wildman–Crippen MR) is 181 cm³/mol. The van der Waals surface area contributed by atoms with E-state index in [9.17, 15) is 18.7 Å². The Morgan fingerprint density at radius 2 is 1.68 bits per heavy atom. The second-order valence-corrected chi connectivity index (χ2v) is 14.8. The lowest BCUT2D eigenvalue weighted by molar-refractivity contribution is -0.144. The normalized spacial score (nSPS) is 42.4. The number of likely N-dealkylation sites (tertiary alicyclic amines) is 1. The van der Waals surface area contributed by atoms with Gasteiger partial charge in [0, 0.05) is 47.5 Å². The summed E-state index contributed by atoms with van der Waals surface area (Å²) in [4.78, 5) is 16.5. The number of rotatable bonds is 7. The maximum atomic E-state index is 14.3. The van der Waals surface area contributed by atoms with Gasteiger partial charge >= 0.3 is 0 Å². The average molecular weight is 709 g/mol. The standard InChI is InChI=1S/C30H50BrF2N5O2.C2H6.CH4S/c1-3-6-20-25-21(4-2)37(30(40)18-10-11-19(31)27-26(18)34-29(35-27)28(32)33)14-13-23(25)38(36-20)22-12-9-17(15-24(22)39)16-7-5-8-16;2*1-2/h16-29,34-36,39H,3-15H2,1-2H3;1-2H3;2H,1H3. The molecule has 0 aromatic carbocycles. The highest BCUT2D eigenvalue weighted by atomic mass is 79.9. The summed E-state index contributed by atoms with van der Waals surface area (Å²) >= 11 is 7.22. The summed E-state index contributed by atoms with van der Waals surface area (Å²) in [5.74, 6) is 1.65. The molecule has 44 heavy (non-hydrogen) atoms. The maximum absolute atomic E-state index is 14.3. The largest absolute Gasteiger partial charge is 0.391 e. The summed E-state index contributed by atoms with van der Waals surface area (Å²) in [5.41, 5.74) is 3.89. The molecule has 4 N–H and O–H groups in total. The van der Waals surface area contributed by atoms with Crippen LogP contribution < -0.4 is 16.1 Å². The number of aliphatic hydroxyl groups excluding tert-OH is 1. The van der Waals surface area contributed by atoms with Gasteiger partial charge in [-0.05, 0) is 69.5 Å². The summed E-state index contributed by atoms with van der Waals surface area (Å²) in [6.45, 7) is 9.11. The van der Waals surface area contributed by atoms with E-state index >= 15 is 0 Å². The Morgan fingerprint density at radius 1 is 0.977 bits per heavy atom. The molecule has 0 radical (unpaired) electrons. The highest BCUT2D eigenvalue weighted by Crippen LogP contribution is 2.46. The molecule has 0 aromatic heterocycles. The molecule has 6 rings (SSSR count). The van der Waals surface area contributed by atoms with E-state index in [2.05, 4.69) is 68.4 Å². The van der Waals surface area contributed by atoms with Gasteiger partial charge in [-0.15, -0.1) is 0 Å². The number of amides is 1. The molecular formula is C33H60BrF2N5O2S. The smallest absolute Gasteiger partial charge is 0.266 e. The minimum Gasteiger partial charge on any atom is -0.391 e. The second kappa shape index (κ2) is 16.9. The summed E-state index contributed by atoms with van der Waals surface area (Å²) in [5, 5.41) is 20.0. The first-order valence-corrected chi connectivity index (χ1v) is 19.5. The molecule has 0 bridgehead atoms. The molecule has 3 aliphatic carbocycles. The van der Waals surface area contributed by atoms with Crippen molar-refractivity contribution in [3.8, 4) is 0 Å². The van der Waals surface area contributed by atoms with Crippen LogP contribution in [0.15, 0.2) is 0 Å². The molecule has 12 unspecified atom stereocenters. The molecule has 256 valence electrons. The van der Waals surface area contributed by atoms with Crippen LogP contribution in [0.25, 0.3) is 0 Å². The van der Waals surface area contributed by atoms with Crippen LogP contribution in [0.5, 0.6) is 0 Å². The minimum absolute atomic E-state index is 0.0813. The van der Waals surface area contributed by atoms with Gasteiger partial charge in [0.25, 0.3) is 6.43 Å². The van der Waals surface area contributed by atoms with Crippen molar-refractivity contribution in [2.45, 2.75) is 165 Å². The summed E-state index contributed by atoms with van der Waals surface area (Å²) in [7, 11) is 0. The molecule has 12 atom stereocenters. The van der Waals surface area contributed by atoms with E-state index in [1.165, 1.54) is 25.7 Å². The highest BCUT2D eigenvalue weighted by Gasteiger charge is 2.55. The third-order valence-corrected chi connectivity index (χ3v) is 12.7. The zero-order chi connectivity index (χ0) is 32.1. The van der Waals surface area contributed by atoms with Crippen molar-refractivity contribution in [2.75, 3.05) is 12.8 Å². The van der Waals surface area contributed by atoms with Crippen LogP contribution in [0.4, 0.5) is 8.78 Å². The van der Waals surface area contributed by atoms with Crippen LogP contribution in [0, 0.1) is 23.7 Å². The van der Waals surface area contributed by atoms with Gasteiger partial charge in [0.1, 0.15) is 6.17 Å². The van der Waals surface area contributed by atoms with Crippen molar-refractivity contribution in [2.24, 2.45) is 23.7 Å². The van der Waals surface area contributed by atoms with Gasteiger partial charge in [0.15, 0.2) is 0 Å². The number of hydrazine groups is 1. The van der Waals surface area contributed by atoms with Crippen LogP contribution in [0.2, 0.25) is 0 Å². The van der Waals surface area contributed by atoms with Crippen molar-refractivity contribution in [3.63, 3.8) is 0 Å². The molecule has 0 spiro atoms. The monoisotopic (exact) mass is 707 g/mol. The summed E-state index contributed by atoms with van der Waals surface area (Å²) < 4.78 is 27.2. The molecule has 3 saturated heterocycles. The molecule has 0 aromatic rings. The van der Waals surface area contributed by atoms with E-state index in [4.69, 9.17) is 0 Å². The van der Waals surface area contributed by atoms with Gasteiger partial charge in [0.2, 0.25) is 5.91 Å². The Hall–Kier alpha value is -0.0400. The molecule has 7 nitrogen and oxygen atoms in total. The number of nitrogens with one attached hydrogen (secondary N) is 3. The van der Waals surface area contributed by atoms with Crippen molar-refractivity contribution in [1.82, 2.24) is 26.0 Å². The first-order valence-electron chi connectivity index (χ1n) is 17.7. The fourth-order valence-corrected chi connectivity index (χ4v) is 10.3. The molecule has 3 saturated carbocycles. The molecular weight excluding hydrogens is 648 g/mol. The highest BCUT2D eigenvalue weighted by molar-refractivity contribution is 9.09. The first kappa shape index (κ1) is 36.8. The van der Waals surface area contributed by atoms with Gasteiger partial charge in [0.05, 0.1) is 18.1 Å². The number of carbonyl (C=O) groups excluding carboxylic acids is 1. The Bertz CT molecular complexity index is 906. The Balaban J connectivity index is 0.00000106. The van der Waals surface area contributed by atoms with Crippen molar-refractivity contribution >= 4 is 34.5 Å². The SMILES string of the molecule is CC.CCCC1NN(C2CCC(C3CCC3)CC2O)C2CCN(C(=O)C3CCC(Br)C4NC(C(F)F)NC34)C(CC)C12.CS. The Kier molecular flexibility index (Phi) is 14.1. The van der Waals surface area contributed by atoms with Crippen molar-refractivity contribution < 1.29 is 18.7 Å². The number of hydrogen-bond donors (Lipinski definition) is 5. The van der Waals surface area contributed by atoms with Crippen LogP contribution in [-0.4, -0.2) is 93.5 Å². The lowest BCUT2D eigenvalue weighted by atomic mass is 9.68. The van der Waals surface area contributed by atoms with E-state index in [0.29, 0.717) is 30.8 Å². The average Bonchev–Trinajstić information content (AvgIpc) is 3.62. The van der Waals surface area contributed by atoms with Crippen molar-refractivity contribution in [1.29, 1.82) is 0 Å². The zero-order valence-electron chi connectivity index (χ0n) is 27.6. The van der Waals surface area contributed by atoms with Crippen molar-refractivity contribution in [3.05, 3.63) is 0 Å². The van der Waals surface area contributed by atoms with E-state index in [-0.39, 0.29) is 53.0 Å². The molecule has 11 heteroatoms. The number of carbonyl (C=O) groups is 1. The molecule has 6 fully saturated rings. The lowest BCUT2D eigenvalue weighted by Gasteiger charge is -2.49. The molecule has 1 amide bonds. The van der Waals surface area contributed by atoms with E-state index in [0.717, 1.165) is 50.9 Å². The number of piperidine rings is 1. The van der Waals surface area contributed by atoms with Crippen LogP contribution in [-0.2, 0) is 4.79 Å². The predicted octanol–water partition coefficient (Wildman–Crippen LogP) is 5.57. The Labute approximate surface area is 279 Å². The Morgan fingerprint density at radius 3 is 2.27 bits per heavy atom. The van der Waals surface area contributed by atoms with E-state index < -0.39 is 12.6 Å². The van der Waals surface area contributed by atoms with Gasteiger partial charge in [-0.3, -0.25) is 20.9 Å². The van der Waals surface area contributed by atoms with Gasteiger partial charge in [-0.1, -0.05) is 69.3 Å². The van der Waals surface area contributed by atoms with Gasteiger partial charge in [-0.25, -0.2) is 13.8 Å². The van der Waals surface area contributed by atoms with Gasteiger partial charge < -0.3 is 10.0 Å². The van der Waals surface area contributed by atoms with Crippen LogP contribution in [0.3, 0.4) is 0 Å². The molecule has 6 aliphatic rings. The second-order valence-electron chi connectivity index (χ2n) is 13.7. The van der Waals surface area contributed by atoms with E-state index in [1.54, 1.807) is 6.26 Å². The minimum atomic E-state index is -2.51. The quantitative estimate of drug-likeness (QED) is 0.176. The maximum Gasteiger partial charge on any atom is 0.266 e. The molecule has 3 heterocycles. The molecule has 3 aliphatic heterocycles. The fourth-order valence-electron chi connectivity index (χ4n) is 9.53. The summed E-state index contributed by atoms with van der Waals surface area (Å²) in [6.07, 6.45) is 10.4. The number of hydrogen-bond acceptors (Lipinski definition) is 7. The number of alkyl halides is 3. The number of halogens is 3. The number of fused-ring (bicyclic) bond motifs is 2. The van der Waals surface area contributed by atoms with Crippen LogP contribution >= 0.6 is 28.6 Å². The fraction of sp³-hybridized carbons (Fsp3) is 0.970. The number of nitrogens with zero attached hydrogens (tertiary/aromatic N) is 2. The lowest BCUT2D eigenvalue weighted by Crippen LogP contribution is -2.61. The van der Waals surface area contributed by atoms with E-state index in [1.807, 2.05) is 13.8 Å². The third-order valence-electron chi connectivity index (χ3n) is 11.7. The summed E-state index contributed by atoms with van der Waals surface area (Å²) in [6, 6.07) is 0.390. The number of thiol groups is 1. The topological polar surface area (TPSA) is 79.9 Å². The van der Waals surface area contributed by atoms with Gasteiger partial charge in [-0.2, -0.15) is 12.6 Å². The zero-order valence-corrected chi connectivity index (χ0v) is 30.1. The van der Waals surface area contributed by atoms with Crippen LogP contribution in [0.1, 0.15) is 105 Å². The first-order chi connectivity index (χ1) is 21.3. The third kappa shape index (κ3) is 7.34.